The zero-order valence-electron chi connectivity index (χ0n) is 22.4. The Labute approximate surface area is 227 Å². The van der Waals surface area contributed by atoms with E-state index in [1.54, 1.807) is 18.2 Å². The molecular weight excluding hydrogens is 484 g/mol. The normalized spacial score (nSPS) is 12.5. The van der Waals surface area contributed by atoms with Crippen molar-refractivity contribution in [3.05, 3.63) is 136 Å². The summed E-state index contributed by atoms with van der Waals surface area (Å²) < 4.78 is 5.94. The Kier molecular flexibility index (Phi) is 7.03. The second-order valence-corrected chi connectivity index (χ2v) is 10.1. The van der Waals surface area contributed by atoms with Crippen LogP contribution >= 0.6 is 0 Å². The number of allylic oxidation sites excluding steroid dienone is 3. The summed E-state index contributed by atoms with van der Waals surface area (Å²) in [6, 6.07) is 24.8. The third kappa shape index (κ3) is 5.32. The van der Waals surface area contributed by atoms with Crippen LogP contribution in [-0.4, -0.2) is 16.9 Å². The van der Waals surface area contributed by atoms with Crippen molar-refractivity contribution in [3.8, 4) is 0 Å². The van der Waals surface area contributed by atoms with Gasteiger partial charge in [0, 0.05) is 22.8 Å². The Morgan fingerprint density at radius 1 is 0.821 bits per heavy atom. The molecule has 0 aliphatic heterocycles. The number of fused-ring (bicyclic) bond motifs is 4. The van der Waals surface area contributed by atoms with Gasteiger partial charge in [-0.05, 0) is 84.8 Å². The SMILES string of the molecule is C=C1C=C(C)c2cc3c(cc2C1)oc1ccccc13.Cc1ccc(CC(=O)c2ccccc2C(=O)O)cc1C. The number of carbonyl (C=O) groups is 2. The number of Topliss-reactive ketones (excluding diaryl/α,β-unsaturated/α-hetero) is 1. The van der Waals surface area contributed by atoms with Crippen LogP contribution in [0.15, 0.2) is 102 Å². The zero-order valence-corrected chi connectivity index (χ0v) is 22.4. The van der Waals surface area contributed by atoms with Crippen LogP contribution in [-0.2, 0) is 12.8 Å². The van der Waals surface area contributed by atoms with E-state index in [1.165, 1.54) is 44.7 Å². The molecule has 0 unspecified atom stereocenters. The van der Waals surface area contributed by atoms with Crippen LogP contribution in [0.5, 0.6) is 0 Å². The molecule has 0 fully saturated rings. The highest BCUT2D eigenvalue weighted by molar-refractivity contribution is 6.07. The lowest BCUT2D eigenvalue weighted by molar-refractivity contribution is 0.0692. The first kappa shape index (κ1) is 25.9. The smallest absolute Gasteiger partial charge is 0.336 e. The van der Waals surface area contributed by atoms with Crippen LogP contribution in [0.2, 0.25) is 0 Å². The number of hydrogen-bond donors (Lipinski definition) is 1. The van der Waals surface area contributed by atoms with E-state index in [9.17, 15) is 9.59 Å². The molecule has 0 amide bonds. The van der Waals surface area contributed by atoms with E-state index in [-0.39, 0.29) is 23.3 Å². The number of benzene rings is 4. The van der Waals surface area contributed by atoms with Crippen LogP contribution in [0.4, 0.5) is 0 Å². The first-order valence-corrected chi connectivity index (χ1v) is 12.9. The van der Waals surface area contributed by atoms with Gasteiger partial charge in [0.05, 0.1) is 5.56 Å². The molecule has 1 aromatic heterocycles. The highest BCUT2D eigenvalue weighted by Crippen LogP contribution is 2.36. The molecule has 39 heavy (non-hydrogen) atoms. The first-order chi connectivity index (χ1) is 18.7. The first-order valence-electron chi connectivity index (χ1n) is 12.9. The molecule has 0 radical (unpaired) electrons. The van der Waals surface area contributed by atoms with Gasteiger partial charge in [-0.15, -0.1) is 0 Å². The number of hydrogen-bond acceptors (Lipinski definition) is 3. The van der Waals surface area contributed by atoms with E-state index in [2.05, 4.69) is 43.8 Å². The molecule has 0 atom stereocenters. The zero-order chi connectivity index (χ0) is 27.7. The standard InChI is InChI=1S/C18H14O.C17H16O3/c1-11-7-12(2)15-10-16-14-5-3-4-6-17(14)19-18(16)9-13(15)8-11;1-11-7-8-13(9-12(11)2)10-16(18)14-5-3-4-6-15(14)17(19)20/h3-7,9-10H,1,8H2,2H3;3-9H,10H2,1-2H3,(H,19,20). The Morgan fingerprint density at radius 2 is 1.54 bits per heavy atom. The maximum absolute atomic E-state index is 12.3. The van der Waals surface area contributed by atoms with Crippen LogP contribution < -0.4 is 0 Å². The van der Waals surface area contributed by atoms with E-state index in [0.29, 0.717) is 0 Å². The van der Waals surface area contributed by atoms with Crippen molar-refractivity contribution < 1.29 is 19.1 Å². The van der Waals surface area contributed by atoms with Gasteiger partial charge >= 0.3 is 5.97 Å². The number of furan rings is 1. The molecule has 1 heterocycles. The molecule has 0 spiro atoms. The minimum absolute atomic E-state index is 0.0568. The van der Waals surface area contributed by atoms with Crippen molar-refractivity contribution in [2.45, 2.75) is 33.6 Å². The van der Waals surface area contributed by atoms with E-state index in [0.717, 1.165) is 28.7 Å². The van der Waals surface area contributed by atoms with E-state index < -0.39 is 5.97 Å². The number of ketones is 1. The van der Waals surface area contributed by atoms with E-state index in [1.807, 2.05) is 44.2 Å². The highest BCUT2D eigenvalue weighted by Gasteiger charge is 2.17. The van der Waals surface area contributed by atoms with Crippen molar-refractivity contribution in [2.75, 3.05) is 0 Å². The average molecular weight is 515 g/mol. The van der Waals surface area contributed by atoms with Crippen LogP contribution in [0.25, 0.3) is 27.5 Å². The van der Waals surface area contributed by atoms with Crippen LogP contribution in [0.3, 0.4) is 0 Å². The predicted molar refractivity (Wildman–Crippen MR) is 158 cm³/mol. The average Bonchev–Trinajstić information content (AvgIpc) is 3.27. The summed E-state index contributed by atoms with van der Waals surface area (Å²) in [5.74, 6) is -1.25. The summed E-state index contributed by atoms with van der Waals surface area (Å²) in [6.45, 7) is 10.2. The van der Waals surface area contributed by atoms with Gasteiger partial charge in [0.2, 0.25) is 0 Å². The lowest BCUT2D eigenvalue weighted by atomic mass is 9.88. The van der Waals surface area contributed by atoms with Gasteiger partial charge in [-0.2, -0.15) is 0 Å². The number of carboxylic acids is 1. The number of para-hydroxylation sites is 1. The second kappa shape index (κ2) is 10.6. The van der Waals surface area contributed by atoms with Gasteiger partial charge in [0.1, 0.15) is 11.2 Å². The van der Waals surface area contributed by atoms with E-state index in [4.69, 9.17) is 9.52 Å². The monoisotopic (exact) mass is 514 g/mol. The summed E-state index contributed by atoms with van der Waals surface area (Å²) in [5, 5.41) is 11.5. The number of aryl methyl sites for hydroxylation is 2. The maximum atomic E-state index is 12.3. The van der Waals surface area contributed by atoms with Gasteiger partial charge in [-0.25, -0.2) is 4.79 Å². The van der Waals surface area contributed by atoms with Gasteiger partial charge in [0.25, 0.3) is 0 Å². The predicted octanol–water partition coefficient (Wildman–Crippen LogP) is 8.53. The largest absolute Gasteiger partial charge is 0.478 e. The molecule has 6 rings (SSSR count). The lowest BCUT2D eigenvalue weighted by Gasteiger charge is -2.16. The fourth-order valence-corrected chi connectivity index (χ4v) is 5.11. The van der Waals surface area contributed by atoms with Crippen molar-refractivity contribution in [1.82, 2.24) is 0 Å². The lowest BCUT2D eigenvalue weighted by Crippen LogP contribution is -2.10. The fourth-order valence-electron chi connectivity index (χ4n) is 5.11. The number of aromatic carboxylic acids is 1. The molecule has 4 aromatic carbocycles. The summed E-state index contributed by atoms with van der Waals surface area (Å²) in [4.78, 5) is 23.4. The molecule has 194 valence electrons. The molecule has 0 saturated heterocycles. The Hall–Kier alpha value is -4.70. The summed E-state index contributed by atoms with van der Waals surface area (Å²) in [6.07, 6.45) is 3.31. The van der Waals surface area contributed by atoms with Crippen LogP contribution in [0.1, 0.15) is 55.5 Å². The second-order valence-electron chi connectivity index (χ2n) is 10.1. The molecule has 4 heteroatoms. The van der Waals surface area contributed by atoms with Gasteiger partial charge in [-0.1, -0.05) is 72.8 Å². The van der Waals surface area contributed by atoms with Crippen molar-refractivity contribution in [1.29, 1.82) is 0 Å². The molecular formula is C35H30O4. The van der Waals surface area contributed by atoms with E-state index >= 15 is 0 Å². The highest BCUT2D eigenvalue weighted by atomic mass is 16.4. The molecule has 1 N–H and O–H groups in total. The quantitative estimate of drug-likeness (QED) is 0.244. The van der Waals surface area contributed by atoms with Gasteiger partial charge in [-0.3, -0.25) is 4.79 Å². The summed E-state index contributed by atoms with van der Waals surface area (Å²) >= 11 is 0. The number of rotatable bonds is 4. The van der Waals surface area contributed by atoms with Gasteiger partial charge < -0.3 is 9.52 Å². The molecule has 1 aliphatic rings. The fraction of sp³-hybridized carbons (Fsp3) is 0.143. The van der Waals surface area contributed by atoms with Crippen molar-refractivity contribution in [2.24, 2.45) is 0 Å². The van der Waals surface area contributed by atoms with Crippen LogP contribution in [0, 0.1) is 13.8 Å². The topological polar surface area (TPSA) is 67.5 Å². The summed E-state index contributed by atoms with van der Waals surface area (Å²) in [5.41, 5.74) is 10.6. The maximum Gasteiger partial charge on any atom is 0.336 e. The third-order valence-corrected chi connectivity index (χ3v) is 7.26. The minimum Gasteiger partial charge on any atom is -0.478 e. The third-order valence-electron chi connectivity index (χ3n) is 7.26. The minimum atomic E-state index is -1.07. The number of carbonyl (C=O) groups excluding carboxylic acids is 1. The molecule has 0 saturated carbocycles. The Balaban J connectivity index is 0.000000158. The molecule has 5 aromatic rings. The molecule has 1 aliphatic carbocycles. The van der Waals surface area contributed by atoms with Gasteiger partial charge in [0.15, 0.2) is 5.78 Å². The summed E-state index contributed by atoms with van der Waals surface area (Å²) in [7, 11) is 0. The number of carboxylic acid groups (broad SMARTS) is 1. The molecule has 0 bridgehead atoms. The van der Waals surface area contributed by atoms with Crippen molar-refractivity contribution >= 4 is 39.3 Å². The Morgan fingerprint density at radius 3 is 2.28 bits per heavy atom. The Bertz CT molecular complexity index is 1800. The molecule has 4 nitrogen and oxygen atoms in total. The van der Waals surface area contributed by atoms with Crippen molar-refractivity contribution in [3.63, 3.8) is 0 Å².